The molecule has 8 heteroatoms. The van der Waals surface area contributed by atoms with E-state index in [9.17, 15) is 14.7 Å². The molecular formula is C24H25N3O4S. The van der Waals surface area contributed by atoms with Crippen molar-refractivity contribution >= 4 is 28.1 Å². The molecule has 2 unspecified atom stereocenters. The number of Topliss-reactive ketones (excluding diaryl/α,β-unsaturated/α-hetero) is 1. The summed E-state index contributed by atoms with van der Waals surface area (Å²) in [5, 5.41) is 9.92. The predicted octanol–water partition coefficient (Wildman–Crippen LogP) is 3.35. The number of fused-ring (bicyclic) bond motifs is 1. The number of hydrogen-bond donors (Lipinski definition) is 3. The second kappa shape index (κ2) is 9.12. The predicted molar refractivity (Wildman–Crippen MR) is 124 cm³/mol. The molecule has 166 valence electrons. The fourth-order valence-electron chi connectivity index (χ4n) is 4.26. The maximum Gasteiger partial charge on any atom is 0.338 e. The lowest BCUT2D eigenvalue weighted by Gasteiger charge is -2.38. The smallest absolute Gasteiger partial charge is 0.338 e. The Morgan fingerprint density at radius 1 is 1.19 bits per heavy atom. The number of ether oxygens (including phenoxy) is 1. The molecule has 0 saturated heterocycles. The molecule has 2 aromatic carbocycles. The van der Waals surface area contributed by atoms with Crippen molar-refractivity contribution in [2.45, 2.75) is 25.0 Å². The van der Waals surface area contributed by atoms with Crippen LogP contribution >= 0.6 is 11.3 Å². The van der Waals surface area contributed by atoms with Crippen LogP contribution in [0.2, 0.25) is 0 Å². The van der Waals surface area contributed by atoms with Crippen LogP contribution in [0.5, 0.6) is 5.75 Å². The monoisotopic (exact) mass is 451 g/mol. The molecule has 0 spiro atoms. The number of methoxy groups -OCH3 is 1. The van der Waals surface area contributed by atoms with Gasteiger partial charge in [0.25, 0.3) is 0 Å². The van der Waals surface area contributed by atoms with Gasteiger partial charge < -0.3 is 21.3 Å². The number of rotatable bonds is 7. The van der Waals surface area contributed by atoms with Crippen molar-refractivity contribution in [1.29, 1.82) is 0 Å². The molecule has 0 amide bonds. The van der Waals surface area contributed by atoms with E-state index in [-0.39, 0.29) is 16.3 Å². The Kier molecular flexibility index (Phi) is 6.27. The van der Waals surface area contributed by atoms with Crippen LogP contribution in [-0.4, -0.2) is 41.5 Å². The second-order valence-electron chi connectivity index (χ2n) is 7.76. The van der Waals surface area contributed by atoms with Gasteiger partial charge in [0.1, 0.15) is 10.8 Å². The molecule has 1 aliphatic rings. The molecule has 7 nitrogen and oxygen atoms in total. The van der Waals surface area contributed by atoms with Crippen LogP contribution in [0, 0.1) is 0 Å². The van der Waals surface area contributed by atoms with Crippen LogP contribution < -0.4 is 16.2 Å². The van der Waals surface area contributed by atoms with Gasteiger partial charge in [-0.1, -0.05) is 42.5 Å². The minimum absolute atomic E-state index is 0.137. The van der Waals surface area contributed by atoms with Crippen LogP contribution in [0.25, 0.3) is 0 Å². The summed E-state index contributed by atoms with van der Waals surface area (Å²) in [6.45, 7) is 1.12. The van der Waals surface area contributed by atoms with Gasteiger partial charge in [-0.05, 0) is 29.7 Å². The van der Waals surface area contributed by atoms with E-state index in [0.717, 1.165) is 16.2 Å². The number of carbonyl (C=O) groups excluding carboxylic acids is 1. The Labute approximate surface area is 190 Å². The molecule has 0 radical (unpaired) electrons. The van der Waals surface area contributed by atoms with Crippen molar-refractivity contribution in [1.82, 2.24) is 4.90 Å². The minimum Gasteiger partial charge on any atom is -0.497 e. The number of carbonyl (C=O) groups is 2. The van der Waals surface area contributed by atoms with Gasteiger partial charge in [-0.2, -0.15) is 0 Å². The number of thiophene rings is 1. The average Bonchev–Trinajstić information content (AvgIpc) is 3.15. The number of carboxylic acids is 1. The topological polar surface area (TPSA) is 119 Å². The molecule has 1 aliphatic heterocycles. The third-order valence-electron chi connectivity index (χ3n) is 5.84. The van der Waals surface area contributed by atoms with E-state index in [0.29, 0.717) is 30.6 Å². The van der Waals surface area contributed by atoms with E-state index in [1.54, 1.807) is 31.4 Å². The number of benzene rings is 2. The number of carboxylic acid groups (broad SMARTS) is 1. The molecular weight excluding hydrogens is 426 g/mol. The van der Waals surface area contributed by atoms with Crippen molar-refractivity contribution in [3.63, 3.8) is 0 Å². The fourth-order valence-corrected chi connectivity index (χ4v) is 5.55. The third kappa shape index (κ3) is 4.12. The van der Waals surface area contributed by atoms with Gasteiger partial charge in [-0.15, -0.1) is 11.3 Å². The molecule has 2 heterocycles. The van der Waals surface area contributed by atoms with Gasteiger partial charge in [-0.3, -0.25) is 9.69 Å². The van der Waals surface area contributed by atoms with Crippen LogP contribution in [0.15, 0.2) is 54.6 Å². The van der Waals surface area contributed by atoms with Crippen molar-refractivity contribution in [3.05, 3.63) is 81.7 Å². The fraction of sp³-hybridized carbons (Fsp3) is 0.250. The Bertz CT molecular complexity index is 1130. The van der Waals surface area contributed by atoms with Gasteiger partial charge in [0, 0.05) is 23.5 Å². The van der Waals surface area contributed by atoms with E-state index < -0.39 is 18.1 Å². The quantitative estimate of drug-likeness (QED) is 0.471. The minimum atomic E-state index is -1.05. The summed E-state index contributed by atoms with van der Waals surface area (Å²) in [6, 6.07) is 15.3. The standard InChI is InChI=1S/C24H25N3O4S/c1-31-16-9-7-14(8-10-16)13-27-12-11-17-18(24(29)30)23(26)32-22(17)20(27)19(25)21(28)15-5-3-2-4-6-15/h2-10,19-20H,11-13,25-26H2,1H3,(H,29,30). The Balaban J connectivity index is 1.73. The summed E-state index contributed by atoms with van der Waals surface area (Å²) in [6.07, 6.45) is 0.531. The van der Waals surface area contributed by atoms with Gasteiger partial charge in [0.2, 0.25) is 0 Å². The Morgan fingerprint density at radius 2 is 1.88 bits per heavy atom. The highest BCUT2D eigenvalue weighted by molar-refractivity contribution is 7.16. The molecule has 0 fully saturated rings. The van der Waals surface area contributed by atoms with Gasteiger partial charge >= 0.3 is 5.97 Å². The zero-order chi connectivity index (χ0) is 22.8. The summed E-state index contributed by atoms with van der Waals surface area (Å²) in [5.74, 6) is -0.475. The van der Waals surface area contributed by atoms with Crippen LogP contribution in [-0.2, 0) is 13.0 Å². The molecule has 5 N–H and O–H groups in total. The maximum absolute atomic E-state index is 13.2. The lowest BCUT2D eigenvalue weighted by Crippen LogP contribution is -2.48. The van der Waals surface area contributed by atoms with Crippen LogP contribution in [0.1, 0.15) is 42.8 Å². The highest BCUT2D eigenvalue weighted by Crippen LogP contribution is 2.43. The summed E-state index contributed by atoms with van der Waals surface area (Å²) >= 11 is 1.22. The molecule has 2 atom stereocenters. The normalized spacial score (nSPS) is 16.9. The van der Waals surface area contributed by atoms with E-state index in [1.165, 1.54) is 11.3 Å². The average molecular weight is 452 g/mol. The summed E-state index contributed by atoms with van der Waals surface area (Å²) < 4.78 is 5.24. The largest absolute Gasteiger partial charge is 0.497 e. The number of aromatic carboxylic acids is 1. The molecule has 32 heavy (non-hydrogen) atoms. The number of ketones is 1. The molecule has 0 aliphatic carbocycles. The number of hydrogen-bond acceptors (Lipinski definition) is 7. The van der Waals surface area contributed by atoms with Crippen LogP contribution in [0.3, 0.4) is 0 Å². The van der Waals surface area contributed by atoms with E-state index in [2.05, 4.69) is 4.90 Å². The summed E-state index contributed by atoms with van der Waals surface area (Å²) in [5.41, 5.74) is 15.0. The first-order valence-corrected chi connectivity index (χ1v) is 11.1. The molecule has 3 aromatic rings. The summed E-state index contributed by atoms with van der Waals surface area (Å²) in [4.78, 5) is 28.0. The zero-order valence-electron chi connectivity index (χ0n) is 17.7. The number of anilines is 1. The number of nitrogens with zero attached hydrogens (tertiary/aromatic N) is 1. The van der Waals surface area contributed by atoms with Crippen molar-refractivity contribution in [2.24, 2.45) is 5.73 Å². The van der Waals surface area contributed by atoms with Gasteiger partial charge in [0.05, 0.1) is 24.8 Å². The van der Waals surface area contributed by atoms with Crippen molar-refractivity contribution < 1.29 is 19.4 Å². The lowest BCUT2D eigenvalue weighted by atomic mass is 9.89. The van der Waals surface area contributed by atoms with Crippen molar-refractivity contribution in [3.8, 4) is 5.75 Å². The zero-order valence-corrected chi connectivity index (χ0v) is 18.5. The third-order valence-corrected chi connectivity index (χ3v) is 6.97. The Hall–Kier alpha value is -3.20. The van der Waals surface area contributed by atoms with Crippen molar-refractivity contribution in [2.75, 3.05) is 19.4 Å². The lowest BCUT2D eigenvalue weighted by molar-refractivity contribution is 0.0695. The maximum atomic E-state index is 13.2. The molecule has 4 rings (SSSR count). The number of nitrogens with two attached hydrogens (primary N) is 2. The first-order chi connectivity index (χ1) is 15.4. The molecule has 0 saturated carbocycles. The first-order valence-electron chi connectivity index (χ1n) is 10.3. The SMILES string of the molecule is COc1ccc(CN2CCc3c(sc(N)c3C(=O)O)C2C(N)C(=O)c2ccccc2)cc1. The first kappa shape index (κ1) is 22.0. The Morgan fingerprint density at radius 3 is 2.50 bits per heavy atom. The highest BCUT2D eigenvalue weighted by atomic mass is 32.1. The van der Waals surface area contributed by atoms with Gasteiger partial charge in [0.15, 0.2) is 5.78 Å². The van der Waals surface area contributed by atoms with E-state index in [4.69, 9.17) is 16.2 Å². The molecule has 0 bridgehead atoms. The second-order valence-corrected chi connectivity index (χ2v) is 8.84. The van der Waals surface area contributed by atoms with Gasteiger partial charge in [-0.25, -0.2) is 4.79 Å². The van der Waals surface area contributed by atoms with E-state index in [1.807, 2.05) is 30.3 Å². The van der Waals surface area contributed by atoms with Crippen LogP contribution in [0.4, 0.5) is 5.00 Å². The molecule has 1 aromatic heterocycles. The highest BCUT2D eigenvalue weighted by Gasteiger charge is 2.39. The van der Waals surface area contributed by atoms with E-state index >= 15 is 0 Å². The number of nitrogen functional groups attached to an aromatic ring is 1. The summed E-state index contributed by atoms with van der Waals surface area (Å²) in [7, 11) is 1.62.